The summed E-state index contributed by atoms with van der Waals surface area (Å²) in [5.74, 6) is 0. The van der Waals surface area contributed by atoms with Crippen LogP contribution in [0.3, 0.4) is 0 Å². The monoisotopic (exact) mass is 342 g/mol. The molecule has 0 heterocycles. The van der Waals surface area contributed by atoms with Crippen molar-refractivity contribution in [2.24, 2.45) is 0 Å². The zero-order chi connectivity index (χ0) is 16.8. The second kappa shape index (κ2) is 13.3. The van der Waals surface area contributed by atoms with E-state index in [1.807, 2.05) is 0 Å². The Bertz CT molecular complexity index is 252. The van der Waals surface area contributed by atoms with E-state index in [2.05, 4.69) is 0 Å². The van der Waals surface area contributed by atoms with Crippen LogP contribution < -0.4 is 0 Å². The van der Waals surface area contributed by atoms with Gasteiger partial charge in [-0.2, -0.15) is 0 Å². The lowest BCUT2D eigenvalue weighted by Crippen LogP contribution is -2.43. The highest BCUT2D eigenvalue weighted by Gasteiger charge is 2.36. The molecule has 0 aliphatic heterocycles. The third kappa shape index (κ3) is 11.5. The van der Waals surface area contributed by atoms with Gasteiger partial charge in [-0.1, -0.05) is 13.8 Å². The van der Waals surface area contributed by atoms with Gasteiger partial charge < -0.3 is 38.4 Å². The molecule has 8 nitrogen and oxygen atoms in total. The maximum atomic E-state index is 9.72. The average molecular weight is 342 g/mol. The second-order valence-corrected chi connectivity index (χ2v) is 7.84. The van der Waals surface area contributed by atoms with E-state index in [1.165, 1.54) is 0 Å². The summed E-state index contributed by atoms with van der Waals surface area (Å²) in [5, 5.41) is 17.3. The number of aliphatic hydroxyl groups is 2. The maximum absolute atomic E-state index is 9.72. The molecule has 1 unspecified atom stereocenters. The Hall–Kier alpha value is -0.103. The van der Waals surface area contributed by atoms with Crippen molar-refractivity contribution in [2.75, 3.05) is 52.9 Å². The van der Waals surface area contributed by atoms with Gasteiger partial charge in [-0.3, -0.25) is 0 Å². The van der Waals surface area contributed by atoms with Gasteiger partial charge in [0.15, 0.2) is 0 Å². The molecular formula is C13H30O8Si. The Morgan fingerprint density at radius 2 is 1.50 bits per heavy atom. The van der Waals surface area contributed by atoms with Crippen LogP contribution in [0.1, 0.15) is 20.3 Å². The molecule has 0 aliphatic carbocycles. The van der Waals surface area contributed by atoms with Gasteiger partial charge in [-0.15, -0.1) is 0 Å². The van der Waals surface area contributed by atoms with Crippen LogP contribution in [0.25, 0.3) is 0 Å². The molecular weight excluding hydrogens is 312 g/mol. The smallest absolute Gasteiger partial charge is 0.394 e. The van der Waals surface area contributed by atoms with Crippen LogP contribution in [0.2, 0.25) is 5.54 Å². The third-order valence-electron chi connectivity index (χ3n) is 2.86. The van der Waals surface area contributed by atoms with E-state index in [0.29, 0.717) is 19.6 Å². The summed E-state index contributed by atoms with van der Waals surface area (Å²) in [6.07, 6.45) is 0.148. The van der Waals surface area contributed by atoms with Crippen molar-refractivity contribution in [2.45, 2.75) is 31.9 Å². The number of rotatable bonds is 15. The zero-order valence-electron chi connectivity index (χ0n) is 13.4. The molecule has 0 spiro atoms. The predicted octanol–water partition coefficient (Wildman–Crippen LogP) is -0.870. The van der Waals surface area contributed by atoms with Crippen molar-refractivity contribution in [3.8, 4) is 0 Å². The molecule has 0 aromatic rings. The van der Waals surface area contributed by atoms with Crippen molar-refractivity contribution < 1.29 is 38.4 Å². The van der Waals surface area contributed by atoms with E-state index in [4.69, 9.17) is 28.8 Å². The highest BCUT2D eigenvalue weighted by Crippen LogP contribution is 2.16. The lowest BCUT2D eigenvalue weighted by Gasteiger charge is -2.23. The summed E-state index contributed by atoms with van der Waals surface area (Å²) in [6.45, 7) is 4.87. The fraction of sp³-hybridized carbons (Fsp3) is 1.00. The van der Waals surface area contributed by atoms with Gasteiger partial charge in [0.1, 0.15) is 0 Å². The minimum Gasteiger partial charge on any atom is -0.394 e. The summed E-state index contributed by atoms with van der Waals surface area (Å²) < 4.78 is 21.1. The van der Waals surface area contributed by atoms with Gasteiger partial charge in [-0.25, -0.2) is 0 Å². The van der Waals surface area contributed by atoms with Crippen LogP contribution in [-0.2, 0) is 18.6 Å². The van der Waals surface area contributed by atoms with E-state index >= 15 is 0 Å². The quantitative estimate of drug-likeness (QED) is 0.224. The van der Waals surface area contributed by atoms with E-state index < -0.39 is 8.80 Å². The first-order valence-corrected chi connectivity index (χ1v) is 9.39. The van der Waals surface area contributed by atoms with Crippen LogP contribution in [0.15, 0.2) is 0 Å². The summed E-state index contributed by atoms with van der Waals surface area (Å²) >= 11 is 0. The third-order valence-corrected chi connectivity index (χ3v) is 5.00. The predicted molar refractivity (Wildman–Crippen MR) is 81.4 cm³/mol. The first kappa shape index (κ1) is 21.9. The molecule has 0 rings (SSSR count). The summed E-state index contributed by atoms with van der Waals surface area (Å²) in [6, 6.07) is 0. The zero-order valence-corrected chi connectivity index (χ0v) is 14.4. The normalized spacial score (nSPS) is 13.8. The fourth-order valence-electron chi connectivity index (χ4n) is 1.44. The minimum atomic E-state index is -3.62. The molecule has 4 N–H and O–H groups in total. The second-order valence-electron chi connectivity index (χ2n) is 5.08. The highest BCUT2D eigenvalue weighted by atomic mass is 28.4. The molecule has 0 aromatic carbocycles. The topological polar surface area (TPSA) is 118 Å². The van der Waals surface area contributed by atoms with Crippen molar-refractivity contribution in [3.63, 3.8) is 0 Å². The number of hydrogen-bond acceptors (Lipinski definition) is 8. The molecule has 0 bridgehead atoms. The van der Waals surface area contributed by atoms with Gasteiger partial charge in [-0.05, 0) is 6.42 Å². The van der Waals surface area contributed by atoms with E-state index in [0.717, 1.165) is 0 Å². The average Bonchev–Trinajstić information content (AvgIpc) is 2.46. The van der Waals surface area contributed by atoms with Crippen LogP contribution in [0.4, 0.5) is 0 Å². The summed E-state index contributed by atoms with van der Waals surface area (Å²) in [4.78, 5) is 19.4. The molecule has 0 saturated carbocycles. The first-order chi connectivity index (χ1) is 10.4. The Kier molecular flexibility index (Phi) is 13.3. The van der Waals surface area contributed by atoms with Crippen LogP contribution in [0.5, 0.6) is 0 Å². The molecule has 22 heavy (non-hydrogen) atoms. The van der Waals surface area contributed by atoms with Gasteiger partial charge in [0.25, 0.3) is 0 Å². The van der Waals surface area contributed by atoms with Crippen molar-refractivity contribution in [1.82, 2.24) is 0 Å². The Labute approximate surface area is 133 Å². The van der Waals surface area contributed by atoms with Gasteiger partial charge in [0.05, 0.1) is 52.4 Å². The molecule has 1 atom stereocenters. The van der Waals surface area contributed by atoms with E-state index in [1.54, 1.807) is 13.8 Å². The Morgan fingerprint density at radius 1 is 0.864 bits per heavy atom. The lowest BCUT2D eigenvalue weighted by atomic mass is 10.3. The van der Waals surface area contributed by atoms with E-state index in [-0.39, 0.29) is 51.3 Å². The minimum absolute atomic E-state index is 0.0359. The number of hydrogen-bond donors (Lipinski definition) is 4. The van der Waals surface area contributed by atoms with Crippen LogP contribution >= 0.6 is 0 Å². The molecule has 0 radical (unpaired) electrons. The Balaban J connectivity index is 4.01. The molecule has 0 saturated heterocycles. The Morgan fingerprint density at radius 3 is 2.09 bits per heavy atom. The number of aliphatic hydroxyl groups excluding tert-OH is 2. The van der Waals surface area contributed by atoms with Gasteiger partial charge in [0.2, 0.25) is 0 Å². The summed E-state index contributed by atoms with van der Waals surface area (Å²) in [7, 11) is -3.62. The molecule has 0 fully saturated rings. The van der Waals surface area contributed by atoms with Crippen molar-refractivity contribution in [3.05, 3.63) is 0 Å². The van der Waals surface area contributed by atoms with Crippen LogP contribution in [0, 0.1) is 0 Å². The van der Waals surface area contributed by atoms with Crippen LogP contribution in [-0.4, -0.2) is 87.6 Å². The SMILES string of the molecule is CC(C)[Si](O)(O)OCCC(COCCO)OCCOCCO. The van der Waals surface area contributed by atoms with Crippen molar-refractivity contribution in [1.29, 1.82) is 0 Å². The number of ether oxygens (including phenoxy) is 3. The first-order valence-electron chi connectivity index (χ1n) is 7.51. The van der Waals surface area contributed by atoms with Crippen molar-refractivity contribution >= 4 is 8.80 Å². The molecule has 134 valence electrons. The largest absolute Gasteiger partial charge is 0.498 e. The molecule has 0 aromatic heterocycles. The lowest BCUT2D eigenvalue weighted by molar-refractivity contribution is -0.0536. The molecule has 0 aliphatic rings. The van der Waals surface area contributed by atoms with Gasteiger partial charge >= 0.3 is 8.80 Å². The standard InChI is InChI=1S/C13H30O8Si/c1-12(2)22(16,17)21-6-3-13(11-19-8-5-15)20-10-9-18-7-4-14/h12-17H,3-11H2,1-2H3. The molecule has 9 heteroatoms. The molecule has 0 amide bonds. The fourth-order valence-corrected chi connectivity index (χ4v) is 2.19. The van der Waals surface area contributed by atoms with E-state index in [9.17, 15) is 9.59 Å². The highest BCUT2D eigenvalue weighted by molar-refractivity contribution is 6.59. The maximum Gasteiger partial charge on any atom is 0.498 e. The summed E-state index contributed by atoms with van der Waals surface area (Å²) in [5.41, 5.74) is -0.315. The van der Waals surface area contributed by atoms with Gasteiger partial charge in [0, 0.05) is 12.1 Å².